The van der Waals surface area contributed by atoms with E-state index in [4.69, 9.17) is 0 Å². The molecule has 4 nitrogen and oxygen atoms in total. The molecule has 2 heterocycles. The second kappa shape index (κ2) is 2.65. The summed E-state index contributed by atoms with van der Waals surface area (Å²) < 4.78 is 1.83. The van der Waals surface area contributed by atoms with Crippen LogP contribution in [-0.2, 0) is 7.05 Å². The number of imidazole rings is 1. The van der Waals surface area contributed by atoms with Gasteiger partial charge < -0.3 is 4.57 Å². The van der Waals surface area contributed by atoms with Crippen molar-refractivity contribution in [3.8, 4) is 0 Å². The predicted molar refractivity (Wildman–Crippen MR) is 48.5 cm³/mol. The van der Waals surface area contributed by atoms with E-state index in [0.29, 0.717) is 5.56 Å². The highest BCUT2D eigenvalue weighted by molar-refractivity contribution is 6.04. The summed E-state index contributed by atoms with van der Waals surface area (Å²) in [5.74, 6) is 0.0155. The van der Waals surface area contributed by atoms with E-state index in [2.05, 4.69) is 9.97 Å². The summed E-state index contributed by atoms with van der Waals surface area (Å²) in [6.07, 6.45) is 4.91. The Morgan fingerprint density at radius 2 is 2.23 bits per heavy atom. The van der Waals surface area contributed by atoms with E-state index in [1.165, 1.54) is 6.92 Å². The van der Waals surface area contributed by atoms with E-state index in [-0.39, 0.29) is 5.78 Å². The number of ketones is 1. The van der Waals surface area contributed by atoms with Crippen LogP contribution in [0.25, 0.3) is 11.0 Å². The number of pyridine rings is 1. The third-order valence-electron chi connectivity index (χ3n) is 2.00. The number of hydrogen-bond acceptors (Lipinski definition) is 3. The lowest BCUT2D eigenvalue weighted by Gasteiger charge is -1.99. The van der Waals surface area contributed by atoms with Gasteiger partial charge in [-0.2, -0.15) is 0 Å². The first kappa shape index (κ1) is 7.91. The number of Topliss-reactive ketones (excluding diaryl/α,β-unsaturated/α-hetero) is 1. The number of nitrogens with zero attached hydrogens (tertiary/aromatic N) is 3. The van der Waals surface area contributed by atoms with Gasteiger partial charge in [0.2, 0.25) is 0 Å². The molecule has 0 aromatic carbocycles. The number of carbonyl (C=O) groups excluding carboxylic acids is 1. The van der Waals surface area contributed by atoms with Crippen molar-refractivity contribution in [3.63, 3.8) is 0 Å². The molecule has 0 aliphatic carbocycles. The Kier molecular flexibility index (Phi) is 1.62. The highest BCUT2D eigenvalue weighted by atomic mass is 16.1. The van der Waals surface area contributed by atoms with Crippen LogP contribution in [0, 0.1) is 0 Å². The Labute approximate surface area is 75.2 Å². The van der Waals surface area contributed by atoms with Gasteiger partial charge in [-0.15, -0.1) is 0 Å². The van der Waals surface area contributed by atoms with Gasteiger partial charge in [0.1, 0.15) is 5.52 Å². The number of aryl methyl sites for hydroxylation is 1. The van der Waals surface area contributed by atoms with Gasteiger partial charge in [0, 0.05) is 13.2 Å². The number of rotatable bonds is 1. The summed E-state index contributed by atoms with van der Waals surface area (Å²) in [4.78, 5) is 19.3. The van der Waals surface area contributed by atoms with Gasteiger partial charge in [-0.3, -0.25) is 9.78 Å². The average molecular weight is 175 g/mol. The minimum atomic E-state index is 0.0155. The number of hydrogen-bond donors (Lipinski definition) is 0. The summed E-state index contributed by atoms with van der Waals surface area (Å²) in [5, 5.41) is 0. The maximum Gasteiger partial charge on any atom is 0.163 e. The van der Waals surface area contributed by atoms with Crippen LogP contribution in [0.2, 0.25) is 0 Å². The van der Waals surface area contributed by atoms with Crippen LogP contribution in [0.3, 0.4) is 0 Å². The van der Waals surface area contributed by atoms with Crippen LogP contribution in [0.4, 0.5) is 0 Å². The summed E-state index contributed by atoms with van der Waals surface area (Å²) in [5.41, 5.74) is 2.23. The van der Waals surface area contributed by atoms with Crippen molar-refractivity contribution in [2.24, 2.45) is 7.05 Å². The van der Waals surface area contributed by atoms with Crippen molar-refractivity contribution >= 4 is 16.8 Å². The lowest BCUT2D eigenvalue weighted by atomic mass is 10.2. The van der Waals surface area contributed by atoms with Crippen molar-refractivity contribution in [2.75, 3.05) is 0 Å². The Balaban J connectivity index is 2.88. The zero-order chi connectivity index (χ0) is 9.42. The van der Waals surface area contributed by atoms with Crippen molar-refractivity contribution in [1.82, 2.24) is 14.5 Å². The minimum Gasteiger partial charge on any atom is -0.333 e. The van der Waals surface area contributed by atoms with Gasteiger partial charge in [0.15, 0.2) is 5.78 Å². The molecule has 0 unspecified atom stereocenters. The highest BCUT2D eigenvalue weighted by Crippen LogP contribution is 2.15. The van der Waals surface area contributed by atoms with Crippen LogP contribution in [0.5, 0.6) is 0 Å². The second-order valence-electron chi connectivity index (χ2n) is 2.97. The molecule has 2 aromatic heterocycles. The average Bonchev–Trinajstić information content (AvgIpc) is 2.48. The molecule has 0 aliphatic heterocycles. The highest BCUT2D eigenvalue weighted by Gasteiger charge is 2.09. The van der Waals surface area contributed by atoms with Crippen LogP contribution < -0.4 is 0 Å². The van der Waals surface area contributed by atoms with Crippen molar-refractivity contribution in [1.29, 1.82) is 0 Å². The van der Waals surface area contributed by atoms with Gasteiger partial charge in [0.25, 0.3) is 0 Å². The monoisotopic (exact) mass is 175 g/mol. The molecule has 0 bridgehead atoms. The van der Waals surface area contributed by atoms with E-state index in [1.807, 2.05) is 11.6 Å². The maximum absolute atomic E-state index is 11.2. The molecule has 2 aromatic rings. The molecule has 0 aliphatic rings. The van der Waals surface area contributed by atoms with E-state index in [9.17, 15) is 4.79 Å². The van der Waals surface area contributed by atoms with Gasteiger partial charge >= 0.3 is 0 Å². The van der Waals surface area contributed by atoms with Crippen LogP contribution >= 0.6 is 0 Å². The first-order chi connectivity index (χ1) is 6.20. The lowest BCUT2D eigenvalue weighted by Crippen LogP contribution is -1.98. The summed E-state index contributed by atoms with van der Waals surface area (Å²) >= 11 is 0. The molecular formula is C9H9N3O. The van der Waals surface area contributed by atoms with Crippen molar-refractivity contribution < 1.29 is 4.79 Å². The molecule has 0 saturated carbocycles. The van der Waals surface area contributed by atoms with Crippen molar-refractivity contribution in [2.45, 2.75) is 6.92 Å². The second-order valence-corrected chi connectivity index (χ2v) is 2.97. The first-order valence-corrected chi connectivity index (χ1v) is 3.96. The van der Waals surface area contributed by atoms with Crippen LogP contribution in [-0.4, -0.2) is 20.3 Å². The third-order valence-corrected chi connectivity index (χ3v) is 2.00. The number of fused-ring (bicyclic) bond motifs is 1. The molecule has 0 fully saturated rings. The van der Waals surface area contributed by atoms with Gasteiger partial charge in [0.05, 0.1) is 23.6 Å². The van der Waals surface area contributed by atoms with Gasteiger partial charge in [-0.25, -0.2) is 4.98 Å². The quantitative estimate of drug-likeness (QED) is 0.611. The summed E-state index contributed by atoms with van der Waals surface area (Å²) in [6.45, 7) is 1.53. The summed E-state index contributed by atoms with van der Waals surface area (Å²) in [6, 6.07) is 0. The molecule has 0 spiro atoms. The van der Waals surface area contributed by atoms with Gasteiger partial charge in [-0.05, 0) is 6.92 Å². The van der Waals surface area contributed by atoms with E-state index < -0.39 is 0 Å². The third kappa shape index (κ3) is 1.11. The molecule has 0 N–H and O–H groups in total. The largest absolute Gasteiger partial charge is 0.333 e. The molecule has 2 rings (SSSR count). The standard InChI is InChI=1S/C9H9N3O/c1-6(13)7-3-10-4-8-9(7)12(2)5-11-8/h3-5H,1-2H3. The van der Waals surface area contributed by atoms with Crippen molar-refractivity contribution in [3.05, 3.63) is 24.3 Å². The van der Waals surface area contributed by atoms with Crippen LogP contribution in [0.1, 0.15) is 17.3 Å². The molecule has 13 heavy (non-hydrogen) atoms. The maximum atomic E-state index is 11.2. The molecular weight excluding hydrogens is 166 g/mol. The van der Waals surface area contributed by atoms with Gasteiger partial charge in [-0.1, -0.05) is 0 Å². The van der Waals surface area contributed by atoms with E-state index in [1.54, 1.807) is 18.7 Å². The molecule has 0 atom stereocenters. The molecule has 0 radical (unpaired) electrons. The fourth-order valence-corrected chi connectivity index (χ4v) is 1.37. The molecule has 0 saturated heterocycles. The Morgan fingerprint density at radius 3 is 2.92 bits per heavy atom. The lowest BCUT2D eigenvalue weighted by molar-refractivity contribution is 0.101. The van der Waals surface area contributed by atoms with E-state index >= 15 is 0 Å². The first-order valence-electron chi connectivity index (χ1n) is 3.96. The number of aromatic nitrogens is 3. The summed E-state index contributed by atoms with van der Waals surface area (Å²) in [7, 11) is 1.86. The molecule has 4 heteroatoms. The minimum absolute atomic E-state index is 0.0155. The van der Waals surface area contributed by atoms with Crippen LogP contribution in [0.15, 0.2) is 18.7 Å². The fraction of sp³-hybridized carbons (Fsp3) is 0.222. The fourth-order valence-electron chi connectivity index (χ4n) is 1.37. The Bertz CT molecular complexity index is 473. The predicted octanol–water partition coefficient (Wildman–Crippen LogP) is 1.17. The normalized spacial score (nSPS) is 10.6. The zero-order valence-electron chi connectivity index (χ0n) is 7.48. The molecule has 66 valence electrons. The van der Waals surface area contributed by atoms with E-state index in [0.717, 1.165) is 11.0 Å². The zero-order valence-corrected chi connectivity index (χ0v) is 7.48. The number of carbonyl (C=O) groups is 1. The Hall–Kier alpha value is -1.71. The SMILES string of the molecule is CC(=O)c1cncc2ncn(C)c12. The molecule has 0 amide bonds. The topological polar surface area (TPSA) is 47.8 Å². The Morgan fingerprint density at radius 1 is 1.46 bits per heavy atom. The smallest absolute Gasteiger partial charge is 0.163 e.